The van der Waals surface area contributed by atoms with Gasteiger partial charge in [0.15, 0.2) is 0 Å². The summed E-state index contributed by atoms with van der Waals surface area (Å²) in [6, 6.07) is 0.338. The minimum atomic E-state index is -0.535. The van der Waals surface area contributed by atoms with E-state index in [1.54, 1.807) is 6.92 Å². The van der Waals surface area contributed by atoms with Crippen LogP contribution in [0.3, 0.4) is 0 Å². The van der Waals surface area contributed by atoms with Gasteiger partial charge >= 0.3 is 0 Å². The number of nitrogens with zero attached hydrogens (tertiary/aromatic N) is 1. The third-order valence-electron chi connectivity index (χ3n) is 3.61. The summed E-state index contributed by atoms with van der Waals surface area (Å²) in [6.45, 7) is 21.6. The highest BCUT2D eigenvalue weighted by atomic mass is 19.1. The summed E-state index contributed by atoms with van der Waals surface area (Å²) in [5.74, 6) is 1.15. The molecule has 1 heterocycles. The molecule has 1 saturated carbocycles. The van der Waals surface area contributed by atoms with Crippen molar-refractivity contribution in [3.05, 3.63) is 36.0 Å². The highest BCUT2D eigenvalue weighted by Gasteiger charge is 2.25. The molecule has 1 amide bonds. The summed E-state index contributed by atoms with van der Waals surface area (Å²) in [5.41, 5.74) is 0. The number of piperazine rings is 1. The fraction of sp³-hybridized carbons (Fsp3) is 0.692. The first kappa shape index (κ1) is 34.8. The Morgan fingerprint density at radius 3 is 1.81 bits per heavy atom. The Labute approximate surface area is 196 Å². The van der Waals surface area contributed by atoms with Crippen LogP contribution in [-0.4, -0.2) is 43.3 Å². The number of hydrogen-bond acceptors (Lipinski definition) is 3. The van der Waals surface area contributed by atoms with E-state index < -0.39 is 11.7 Å². The summed E-state index contributed by atoms with van der Waals surface area (Å²) in [5, 5.41) is 2.88. The Balaban J connectivity index is -0.000000378. The molecule has 2 rings (SSSR count). The van der Waals surface area contributed by atoms with Crippen LogP contribution in [0.1, 0.15) is 75.2 Å². The smallest absolute Gasteiger partial charge is 0.237 e. The number of halogens is 2. The molecule has 2 aliphatic rings. The van der Waals surface area contributed by atoms with E-state index in [-0.39, 0.29) is 11.9 Å². The third kappa shape index (κ3) is 26.2. The highest BCUT2D eigenvalue weighted by Crippen LogP contribution is 2.31. The molecule has 1 aliphatic heterocycles. The zero-order valence-corrected chi connectivity index (χ0v) is 22.0. The van der Waals surface area contributed by atoms with Gasteiger partial charge in [-0.15, -0.1) is 0 Å². The Kier molecular flexibility index (Phi) is 22.9. The van der Waals surface area contributed by atoms with Gasteiger partial charge in [-0.2, -0.15) is 0 Å². The SMILES string of the molecule is C=O.CC(C)C.CC(C)C.CC1CN(C)C(C)C(=O)N1.C\C=C/C(F)=C\C(F)=C\C1CC1. The first-order chi connectivity index (χ1) is 14.8. The second kappa shape index (κ2) is 21.0. The van der Waals surface area contributed by atoms with Gasteiger partial charge in [0, 0.05) is 18.7 Å². The summed E-state index contributed by atoms with van der Waals surface area (Å²) >= 11 is 0. The topological polar surface area (TPSA) is 49.4 Å². The van der Waals surface area contributed by atoms with E-state index in [4.69, 9.17) is 4.79 Å². The molecular weight excluding hydrogens is 410 g/mol. The number of rotatable bonds is 3. The molecule has 0 aromatic rings. The lowest BCUT2D eigenvalue weighted by atomic mass is 10.1. The minimum Gasteiger partial charge on any atom is -0.351 e. The van der Waals surface area contributed by atoms with Crippen LogP contribution in [-0.2, 0) is 9.59 Å². The summed E-state index contributed by atoms with van der Waals surface area (Å²) in [7, 11) is 1.97. The summed E-state index contributed by atoms with van der Waals surface area (Å²) in [6.07, 6.45) is 7.23. The molecule has 4 nitrogen and oxygen atoms in total. The van der Waals surface area contributed by atoms with E-state index in [0.717, 1.165) is 37.3 Å². The van der Waals surface area contributed by atoms with Crippen LogP contribution in [0.25, 0.3) is 0 Å². The first-order valence-electron chi connectivity index (χ1n) is 11.5. The molecular formula is C26H48F2N2O2. The maximum Gasteiger partial charge on any atom is 0.237 e. The lowest BCUT2D eigenvalue weighted by Gasteiger charge is -2.33. The maximum atomic E-state index is 12.8. The number of likely N-dealkylation sites (N-methyl/N-ethyl adjacent to an activating group) is 1. The lowest BCUT2D eigenvalue weighted by Crippen LogP contribution is -2.56. The van der Waals surface area contributed by atoms with Gasteiger partial charge in [-0.05, 0) is 70.6 Å². The number of carbonyl (C=O) groups excluding carboxylic acids is 2. The first-order valence-corrected chi connectivity index (χ1v) is 11.5. The zero-order chi connectivity index (χ0) is 25.9. The second-order valence-electron chi connectivity index (χ2n) is 9.41. The second-order valence-corrected chi connectivity index (χ2v) is 9.41. The molecule has 2 atom stereocenters. The molecule has 0 aromatic carbocycles. The van der Waals surface area contributed by atoms with Crippen molar-refractivity contribution in [3.63, 3.8) is 0 Å². The van der Waals surface area contributed by atoms with Crippen molar-refractivity contribution in [1.29, 1.82) is 0 Å². The molecule has 2 fully saturated rings. The van der Waals surface area contributed by atoms with Gasteiger partial charge in [0.2, 0.25) is 5.91 Å². The van der Waals surface area contributed by atoms with Crippen molar-refractivity contribution in [2.75, 3.05) is 13.6 Å². The van der Waals surface area contributed by atoms with Crippen LogP contribution in [0.5, 0.6) is 0 Å². The van der Waals surface area contributed by atoms with Gasteiger partial charge in [0.1, 0.15) is 18.4 Å². The van der Waals surface area contributed by atoms with Crippen molar-refractivity contribution in [3.8, 4) is 0 Å². The van der Waals surface area contributed by atoms with Gasteiger partial charge in [-0.1, -0.05) is 47.6 Å². The van der Waals surface area contributed by atoms with Crippen molar-refractivity contribution in [2.45, 2.75) is 87.2 Å². The summed E-state index contributed by atoms with van der Waals surface area (Å²) < 4.78 is 25.4. The number of nitrogens with one attached hydrogen (secondary N) is 1. The third-order valence-corrected chi connectivity index (χ3v) is 3.61. The van der Waals surface area contributed by atoms with Crippen molar-refractivity contribution < 1.29 is 18.4 Å². The quantitative estimate of drug-likeness (QED) is 0.482. The Hall–Kier alpha value is -1.82. The van der Waals surface area contributed by atoms with E-state index in [1.165, 1.54) is 18.2 Å². The van der Waals surface area contributed by atoms with E-state index in [2.05, 4.69) is 51.8 Å². The van der Waals surface area contributed by atoms with Crippen LogP contribution < -0.4 is 5.32 Å². The lowest BCUT2D eigenvalue weighted by molar-refractivity contribution is -0.128. The minimum absolute atomic E-state index is 0.0381. The maximum absolute atomic E-state index is 12.8. The molecule has 1 saturated heterocycles. The molecule has 6 heteroatoms. The van der Waals surface area contributed by atoms with Gasteiger partial charge in [-0.3, -0.25) is 9.69 Å². The molecule has 1 N–H and O–H groups in total. The van der Waals surface area contributed by atoms with E-state index in [9.17, 15) is 13.6 Å². The molecule has 0 spiro atoms. The monoisotopic (exact) mass is 458 g/mol. The molecule has 32 heavy (non-hydrogen) atoms. The predicted molar refractivity (Wildman–Crippen MR) is 134 cm³/mol. The molecule has 188 valence electrons. The van der Waals surface area contributed by atoms with Crippen LogP contribution in [0.15, 0.2) is 36.0 Å². The average molecular weight is 459 g/mol. The van der Waals surface area contributed by atoms with Gasteiger partial charge < -0.3 is 10.1 Å². The standard InChI is InChI=1S/C10H12F2.C7H14N2O.2C4H10.CH2O/c1-2-3-9(11)7-10(12)6-8-4-5-8;1-5-4-9(3)6(2)7(10)8-5;2*1-4(2)3;1-2/h2-3,6-8H,4-5H2,1H3;5-6H,4H2,1-3H3,(H,8,10);2*4H,1-3H3;1H2/b3-2-,9-7+,10-6-;;;;. The van der Waals surface area contributed by atoms with Crippen molar-refractivity contribution in [2.24, 2.45) is 17.8 Å². The Bertz CT molecular complexity index is 557. The Morgan fingerprint density at radius 1 is 1.03 bits per heavy atom. The van der Waals surface area contributed by atoms with Crippen LogP contribution in [0.2, 0.25) is 0 Å². The average Bonchev–Trinajstić information content (AvgIpc) is 3.45. The normalized spacial score (nSPS) is 21.2. The predicted octanol–water partition coefficient (Wildman–Crippen LogP) is 6.64. The van der Waals surface area contributed by atoms with Crippen molar-refractivity contribution in [1.82, 2.24) is 10.2 Å². The molecule has 0 bridgehead atoms. The molecule has 1 aliphatic carbocycles. The van der Waals surface area contributed by atoms with Gasteiger partial charge in [0.05, 0.1) is 6.04 Å². The van der Waals surface area contributed by atoms with E-state index >= 15 is 0 Å². The van der Waals surface area contributed by atoms with Crippen LogP contribution >= 0.6 is 0 Å². The fourth-order valence-corrected chi connectivity index (χ4v) is 2.07. The summed E-state index contributed by atoms with van der Waals surface area (Å²) in [4.78, 5) is 21.1. The fourth-order valence-electron chi connectivity index (χ4n) is 2.07. The zero-order valence-electron chi connectivity index (χ0n) is 22.0. The van der Waals surface area contributed by atoms with E-state index in [1.807, 2.05) is 27.7 Å². The Morgan fingerprint density at radius 2 is 1.47 bits per heavy atom. The van der Waals surface area contributed by atoms with Crippen LogP contribution in [0, 0.1) is 17.8 Å². The van der Waals surface area contributed by atoms with Gasteiger partial charge in [-0.25, -0.2) is 8.78 Å². The van der Waals surface area contributed by atoms with E-state index in [0.29, 0.717) is 12.0 Å². The number of amides is 1. The number of hydrogen-bond donors (Lipinski definition) is 1. The van der Waals surface area contributed by atoms with Gasteiger partial charge in [0.25, 0.3) is 0 Å². The number of carbonyl (C=O) groups is 2. The van der Waals surface area contributed by atoms with Crippen molar-refractivity contribution >= 4 is 12.7 Å². The molecule has 2 unspecified atom stereocenters. The number of allylic oxidation sites excluding steroid dienone is 6. The largest absolute Gasteiger partial charge is 0.351 e. The highest BCUT2D eigenvalue weighted by molar-refractivity contribution is 5.82. The molecule has 0 radical (unpaired) electrons. The molecule has 0 aromatic heterocycles. The van der Waals surface area contributed by atoms with Crippen LogP contribution in [0.4, 0.5) is 8.78 Å².